The molecule has 1 aliphatic rings. The van der Waals surface area contributed by atoms with Gasteiger partial charge in [0.05, 0.1) is 29.8 Å². The third kappa shape index (κ3) is 4.73. The minimum atomic E-state index is -2.95. The van der Waals surface area contributed by atoms with Crippen molar-refractivity contribution < 1.29 is 32.6 Å². The van der Waals surface area contributed by atoms with Crippen LogP contribution < -0.4 is 14.8 Å². The minimum Gasteiger partial charge on any atom is -0.493 e. The van der Waals surface area contributed by atoms with Crippen LogP contribution in [-0.2, 0) is 6.54 Å². The average Bonchev–Trinajstić information content (AvgIpc) is 3.06. The number of carbonyl (C=O) groups is 3. The molecule has 3 aromatic rings. The fourth-order valence-corrected chi connectivity index (χ4v) is 3.62. The monoisotopic (exact) mass is 466 g/mol. The number of nitrogens with one attached hydrogen (secondary N) is 1. The Bertz CT molecular complexity index is 1210. The molecule has 1 aliphatic heterocycles. The summed E-state index contributed by atoms with van der Waals surface area (Å²) >= 11 is 0. The molecule has 0 atom stereocenters. The number of carbonyl (C=O) groups excluding carboxylic acids is 3. The summed E-state index contributed by atoms with van der Waals surface area (Å²) in [6.07, 6.45) is 0. The van der Waals surface area contributed by atoms with E-state index in [-0.39, 0.29) is 17.9 Å². The Kier molecular flexibility index (Phi) is 6.53. The zero-order valence-electron chi connectivity index (χ0n) is 18.1. The second-order valence-corrected chi connectivity index (χ2v) is 7.36. The molecule has 9 heteroatoms. The van der Waals surface area contributed by atoms with Gasteiger partial charge in [-0.2, -0.15) is 8.78 Å². The molecule has 3 aromatic carbocycles. The Morgan fingerprint density at radius 1 is 0.971 bits per heavy atom. The van der Waals surface area contributed by atoms with E-state index in [0.29, 0.717) is 34.7 Å². The maximum absolute atomic E-state index is 13.0. The molecular formula is C25H20F2N2O5. The number of alkyl halides is 2. The van der Waals surface area contributed by atoms with Crippen molar-refractivity contribution in [2.45, 2.75) is 20.1 Å². The fraction of sp³-hybridized carbons (Fsp3) is 0.160. The van der Waals surface area contributed by atoms with Crippen molar-refractivity contribution in [3.63, 3.8) is 0 Å². The number of hydrogen-bond acceptors (Lipinski definition) is 5. The zero-order valence-corrected chi connectivity index (χ0v) is 18.1. The van der Waals surface area contributed by atoms with E-state index in [0.717, 1.165) is 4.90 Å². The maximum Gasteiger partial charge on any atom is 0.387 e. The summed E-state index contributed by atoms with van der Waals surface area (Å²) in [6.45, 7) is -0.869. The van der Waals surface area contributed by atoms with E-state index in [1.165, 1.54) is 24.3 Å². The Labute approximate surface area is 193 Å². The number of amides is 3. The first-order valence-corrected chi connectivity index (χ1v) is 10.4. The molecule has 0 saturated carbocycles. The summed E-state index contributed by atoms with van der Waals surface area (Å²) < 4.78 is 34.5. The van der Waals surface area contributed by atoms with Crippen LogP contribution in [0.25, 0.3) is 0 Å². The zero-order chi connectivity index (χ0) is 24.2. The summed E-state index contributed by atoms with van der Waals surface area (Å²) in [7, 11) is 0. The highest BCUT2D eigenvalue weighted by molar-refractivity contribution is 6.21. The number of fused-ring (bicyclic) bond motifs is 1. The molecule has 1 N–H and O–H groups in total. The first-order valence-electron chi connectivity index (χ1n) is 10.4. The van der Waals surface area contributed by atoms with Crippen LogP contribution in [0, 0.1) is 0 Å². The number of halogens is 2. The van der Waals surface area contributed by atoms with Crippen LogP contribution in [0.15, 0.2) is 66.7 Å². The molecule has 3 amide bonds. The van der Waals surface area contributed by atoms with Crippen molar-refractivity contribution in [2.75, 3.05) is 11.9 Å². The summed E-state index contributed by atoms with van der Waals surface area (Å²) in [5.74, 6) is -1.01. The van der Waals surface area contributed by atoms with Gasteiger partial charge in [-0.25, -0.2) is 0 Å². The molecule has 0 saturated heterocycles. The highest BCUT2D eigenvalue weighted by Gasteiger charge is 2.35. The van der Waals surface area contributed by atoms with Gasteiger partial charge in [-0.1, -0.05) is 18.2 Å². The Morgan fingerprint density at radius 2 is 1.62 bits per heavy atom. The Balaban J connectivity index is 1.55. The molecule has 34 heavy (non-hydrogen) atoms. The lowest BCUT2D eigenvalue weighted by Gasteiger charge is -2.16. The van der Waals surface area contributed by atoms with Crippen LogP contribution in [0.3, 0.4) is 0 Å². The number of ether oxygens (including phenoxy) is 2. The van der Waals surface area contributed by atoms with Gasteiger partial charge in [0.15, 0.2) is 0 Å². The minimum absolute atomic E-state index is 0.0152. The highest BCUT2D eigenvalue weighted by Crippen LogP contribution is 2.27. The van der Waals surface area contributed by atoms with Crippen LogP contribution in [0.4, 0.5) is 14.5 Å². The standard InChI is InChI=1S/C25H20F2N2O5/c1-2-33-21-12-7-15(14-29-23(31)18-5-3-4-6-19(18)24(29)32)13-20(21)22(30)28-16-8-10-17(11-9-16)34-25(26)27/h3-13,25H,2,14H2,1H3,(H,28,30). The molecule has 0 bridgehead atoms. The molecule has 0 aromatic heterocycles. The summed E-state index contributed by atoms with van der Waals surface area (Å²) in [5.41, 5.74) is 1.80. The third-order valence-corrected chi connectivity index (χ3v) is 5.14. The molecular weight excluding hydrogens is 446 g/mol. The number of benzene rings is 3. The second-order valence-electron chi connectivity index (χ2n) is 7.36. The predicted molar refractivity (Wildman–Crippen MR) is 119 cm³/mol. The average molecular weight is 466 g/mol. The number of rotatable bonds is 8. The van der Waals surface area contributed by atoms with Crippen molar-refractivity contribution in [2.24, 2.45) is 0 Å². The van der Waals surface area contributed by atoms with Crippen LogP contribution >= 0.6 is 0 Å². The third-order valence-electron chi connectivity index (χ3n) is 5.14. The van der Waals surface area contributed by atoms with Crippen LogP contribution in [0.1, 0.15) is 43.6 Å². The van der Waals surface area contributed by atoms with E-state index >= 15 is 0 Å². The van der Waals surface area contributed by atoms with E-state index in [9.17, 15) is 23.2 Å². The van der Waals surface area contributed by atoms with Gasteiger partial charge in [0.2, 0.25) is 0 Å². The van der Waals surface area contributed by atoms with Crippen molar-refractivity contribution in [3.05, 3.63) is 89.0 Å². The molecule has 0 spiro atoms. The summed E-state index contributed by atoms with van der Waals surface area (Å²) in [6, 6.07) is 16.9. The van der Waals surface area contributed by atoms with E-state index < -0.39 is 24.3 Å². The van der Waals surface area contributed by atoms with Crippen molar-refractivity contribution in [1.82, 2.24) is 4.90 Å². The van der Waals surface area contributed by atoms with Crippen molar-refractivity contribution >= 4 is 23.4 Å². The molecule has 7 nitrogen and oxygen atoms in total. The smallest absolute Gasteiger partial charge is 0.387 e. The largest absolute Gasteiger partial charge is 0.493 e. The quantitative estimate of drug-likeness (QED) is 0.485. The summed E-state index contributed by atoms with van der Waals surface area (Å²) in [4.78, 5) is 39.5. The molecule has 0 radical (unpaired) electrons. The first kappa shape index (κ1) is 22.9. The van der Waals surface area contributed by atoms with Gasteiger partial charge in [-0.05, 0) is 61.0 Å². The molecule has 4 rings (SSSR count). The van der Waals surface area contributed by atoms with Gasteiger partial charge in [0.1, 0.15) is 11.5 Å². The SMILES string of the molecule is CCOc1ccc(CN2C(=O)c3ccccc3C2=O)cc1C(=O)Nc1ccc(OC(F)F)cc1. The number of anilines is 1. The molecule has 1 heterocycles. The molecule has 0 unspecified atom stereocenters. The van der Waals surface area contributed by atoms with E-state index in [1.807, 2.05) is 0 Å². The van der Waals surface area contributed by atoms with Crippen LogP contribution in [-0.4, -0.2) is 35.8 Å². The van der Waals surface area contributed by atoms with Gasteiger partial charge >= 0.3 is 6.61 Å². The highest BCUT2D eigenvalue weighted by atomic mass is 19.3. The maximum atomic E-state index is 13.0. The van der Waals surface area contributed by atoms with E-state index in [4.69, 9.17) is 4.74 Å². The lowest BCUT2D eigenvalue weighted by Crippen LogP contribution is -2.29. The van der Waals surface area contributed by atoms with Gasteiger partial charge in [-0.3, -0.25) is 19.3 Å². The van der Waals surface area contributed by atoms with Crippen molar-refractivity contribution in [3.8, 4) is 11.5 Å². The molecule has 0 fully saturated rings. The first-order chi connectivity index (χ1) is 16.4. The van der Waals surface area contributed by atoms with Gasteiger partial charge in [0, 0.05) is 5.69 Å². The van der Waals surface area contributed by atoms with Crippen molar-refractivity contribution in [1.29, 1.82) is 0 Å². The lowest BCUT2D eigenvalue weighted by atomic mass is 10.1. The van der Waals surface area contributed by atoms with Gasteiger partial charge < -0.3 is 14.8 Å². The van der Waals surface area contributed by atoms with Crippen LogP contribution in [0.2, 0.25) is 0 Å². The topological polar surface area (TPSA) is 84.9 Å². The Morgan fingerprint density at radius 3 is 2.21 bits per heavy atom. The number of nitrogens with zero attached hydrogens (tertiary/aromatic N) is 1. The van der Waals surface area contributed by atoms with Gasteiger partial charge in [0.25, 0.3) is 17.7 Å². The van der Waals surface area contributed by atoms with Crippen LogP contribution in [0.5, 0.6) is 11.5 Å². The summed E-state index contributed by atoms with van der Waals surface area (Å²) in [5, 5.41) is 2.68. The fourth-order valence-electron chi connectivity index (χ4n) is 3.62. The number of hydrogen-bond donors (Lipinski definition) is 1. The predicted octanol–water partition coefficient (Wildman–Crippen LogP) is 4.74. The number of imide groups is 1. The molecule has 0 aliphatic carbocycles. The lowest BCUT2D eigenvalue weighted by molar-refractivity contribution is -0.0498. The molecule has 174 valence electrons. The Hall–Kier alpha value is -4.27. The van der Waals surface area contributed by atoms with E-state index in [1.54, 1.807) is 49.4 Å². The van der Waals surface area contributed by atoms with E-state index in [2.05, 4.69) is 10.1 Å². The second kappa shape index (κ2) is 9.70. The normalized spacial score (nSPS) is 12.6. The van der Waals surface area contributed by atoms with Gasteiger partial charge in [-0.15, -0.1) is 0 Å².